The molecule has 4 nitrogen and oxygen atoms in total. The lowest BCUT2D eigenvalue weighted by Gasteiger charge is -2.41. The van der Waals surface area contributed by atoms with E-state index in [1.165, 1.54) is 47.7 Å². The molecule has 27 heavy (non-hydrogen) atoms. The monoisotopic (exact) mass is 363 g/mol. The van der Waals surface area contributed by atoms with E-state index in [9.17, 15) is 5.11 Å². The van der Waals surface area contributed by atoms with E-state index in [0.29, 0.717) is 11.8 Å². The van der Waals surface area contributed by atoms with Crippen LogP contribution in [0.1, 0.15) is 30.4 Å². The summed E-state index contributed by atoms with van der Waals surface area (Å²) >= 11 is 0. The van der Waals surface area contributed by atoms with E-state index in [2.05, 4.69) is 23.1 Å². The van der Waals surface area contributed by atoms with Gasteiger partial charge < -0.3 is 14.6 Å². The van der Waals surface area contributed by atoms with Crippen LogP contribution < -0.4 is 9.47 Å². The van der Waals surface area contributed by atoms with Crippen molar-refractivity contribution in [2.24, 2.45) is 0 Å². The largest absolute Gasteiger partial charge is 0.508 e. The van der Waals surface area contributed by atoms with Crippen LogP contribution in [-0.4, -0.2) is 36.8 Å². The van der Waals surface area contributed by atoms with Gasteiger partial charge in [-0.15, -0.1) is 0 Å². The minimum Gasteiger partial charge on any atom is -0.508 e. The van der Waals surface area contributed by atoms with Gasteiger partial charge in [0.25, 0.3) is 0 Å². The van der Waals surface area contributed by atoms with Crippen LogP contribution in [0.3, 0.4) is 0 Å². The zero-order valence-corrected chi connectivity index (χ0v) is 15.9. The van der Waals surface area contributed by atoms with Crippen molar-refractivity contribution < 1.29 is 14.6 Å². The van der Waals surface area contributed by atoms with Crippen molar-refractivity contribution in [2.45, 2.75) is 38.3 Å². The van der Waals surface area contributed by atoms with E-state index in [1.54, 1.807) is 20.3 Å². The number of nitrogens with zero attached hydrogens (tertiary/aromatic N) is 1. The number of rotatable bonds is 2. The van der Waals surface area contributed by atoms with Crippen molar-refractivity contribution in [3.63, 3.8) is 0 Å². The quantitative estimate of drug-likeness (QED) is 0.674. The highest BCUT2D eigenvalue weighted by atomic mass is 16.5. The second-order valence-corrected chi connectivity index (χ2v) is 7.76. The summed E-state index contributed by atoms with van der Waals surface area (Å²) in [5.74, 6) is 1.78. The Hall–Kier alpha value is -2.46. The predicted octanol–water partition coefficient (Wildman–Crippen LogP) is 4.63. The van der Waals surface area contributed by atoms with E-state index in [1.807, 2.05) is 6.07 Å². The Labute approximate surface area is 159 Å². The summed E-state index contributed by atoms with van der Waals surface area (Å²) in [6.45, 7) is 2.18. The number of aromatic hydroxyl groups is 1. The standard InChI is InChI=1S/C23H25NO3/c1-26-22-11-19-17-9-14-5-3-4-8-24(14)13-21(17)16-7-6-15(25)10-18(16)20(19)12-23(22)27-2/h6-7,10-12,14,25H,3-5,8-9,13H2,1-2H3/t14-/m1/s1. The van der Waals surface area contributed by atoms with Gasteiger partial charge in [-0.05, 0) is 82.7 Å². The van der Waals surface area contributed by atoms with Crippen molar-refractivity contribution in [1.82, 2.24) is 4.90 Å². The molecule has 5 rings (SSSR count). The molecule has 140 valence electrons. The fourth-order valence-electron chi connectivity index (χ4n) is 5.05. The number of ether oxygens (including phenoxy) is 2. The number of fused-ring (bicyclic) bond motifs is 7. The lowest BCUT2D eigenvalue weighted by molar-refractivity contribution is 0.128. The van der Waals surface area contributed by atoms with E-state index in [-0.39, 0.29) is 0 Å². The lowest BCUT2D eigenvalue weighted by Crippen LogP contribution is -2.43. The van der Waals surface area contributed by atoms with Crippen LogP contribution >= 0.6 is 0 Å². The van der Waals surface area contributed by atoms with Crippen molar-refractivity contribution in [2.75, 3.05) is 20.8 Å². The maximum Gasteiger partial charge on any atom is 0.161 e. The fraction of sp³-hybridized carbons (Fsp3) is 0.391. The van der Waals surface area contributed by atoms with Gasteiger partial charge in [-0.3, -0.25) is 4.90 Å². The molecule has 0 spiro atoms. The Balaban J connectivity index is 1.86. The van der Waals surface area contributed by atoms with Crippen LogP contribution in [-0.2, 0) is 13.0 Å². The third-order valence-corrected chi connectivity index (χ3v) is 6.38. The van der Waals surface area contributed by atoms with Gasteiger partial charge in [-0.2, -0.15) is 0 Å². The third kappa shape index (κ3) is 2.54. The highest BCUT2D eigenvalue weighted by molar-refractivity contribution is 6.12. The Morgan fingerprint density at radius 2 is 1.63 bits per heavy atom. The summed E-state index contributed by atoms with van der Waals surface area (Å²) in [7, 11) is 3.35. The first-order chi connectivity index (χ1) is 13.2. The molecular weight excluding hydrogens is 338 g/mol. The smallest absolute Gasteiger partial charge is 0.161 e. The van der Waals surface area contributed by atoms with Crippen LogP contribution in [0, 0.1) is 0 Å². The first-order valence-electron chi connectivity index (χ1n) is 9.76. The second-order valence-electron chi connectivity index (χ2n) is 7.76. The maximum atomic E-state index is 10.1. The summed E-state index contributed by atoms with van der Waals surface area (Å²) in [4.78, 5) is 2.64. The molecule has 0 saturated carbocycles. The normalized spacial score (nSPS) is 19.7. The number of phenolic OH excluding ortho intramolecular Hbond substituents is 1. The van der Waals surface area contributed by atoms with E-state index >= 15 is 0 Å². The van der Waals surface area contributed by atoms with Crippen molar-refractivity contribution in [3.05, 3.63) is 41.5 Å². The van der Waals surface area contributed by atoms with Gasteiger partial charge in [0, 0.05) is 12.6 Å². The van der Waals surface area contributed by atoms with Gasteiger partial charge in [0.1, 0.15) is 5.75 Å². The average Bonchev–Trinajstić information content (AvgIpc) is 2.71. The summed E-state index contributed by atoms with van der Waals surface area (Å²) in [6, 6.07) is 10.6. The molecule has 0 amide bonds. The van der Waals surface area contributed by atoms with Crippen molar-refractivity contribution >= 4 is 21.5 Å². The van der Waals surface area contributed by atoms with E-state index in [0.717, 1.165) is 35.2 Å². The number of benzene rings is 3. The molecule has 1 saturated heterocycles. The number of phenols is 1. The molecule has 2 aliphatic rings. The fourth-order valence-corrected chi connectivity index (χ4v) is 5.05. The molecule has 4 heteroatoms. The molecule has 2 aliphatic heterocycles. The Bertz CT molecular complexity index is 1040. The Morgan fingerprint density at radius 1 is 0.889 bits per heavy atom. The lowest BCUT2D eigenvalue weighted by atomic mass is 9.82. The highest BCUT2D eigenvalue weighted by Crippen LogP contribution is 2.43. The molecular formula is C23H25NO3. The van der Waals surface area contributed by atoms with E-state index in [4.69, 9.17) is 9.47 Å². The number of methoxy groups -OCH3 is 2. The van der Waals surface area contributed by atoms with Gasteiger partial charge in [-0.1, -0.05) is 12.5 Å². The summed E-state index contributed by atoms with van der Waals surface area (Å²) in [5, 5.41) is 14.8. The van der Waals surface area contributed by atoms with Crippen molar-refractivity contribution in [1.29, 1.82) is 0 Å². The Kier molecular flexibility index (Phi) is 3.90. The maximum absolute atomic E-state index is 10.1. The van der Waals surface area contributed by atoms with Gasteiger partial charge in [0.05, 0.1) is 14.2 Å². The van der Waals surface area contributed by atoms with Crippen LogP contribution in [0.25, 0.3) is 21.5 Å². The molecule has 0 aromatic heterocycles. The number of hydrogen-bond donors (Lipinski definition) is 1. The summed E-state index contributed by atoms with van der Waals surface area (Å²) in [6.07, 6.45) is 4.98. The average molecular weight is 363 g/mol. The molecule has 0 bridgehead atoms. The second kappa shape index (κ2) is 6.31. The molecule has 2 heterocycles. The molecule has 1 atom stereocenters. The number of piperidine rings is 1. The topological polar surface area (TPSA) is 41.9 Å². The molecule has 1 fully saturated rings. The molecule has 0 radical (unpaired) electrons. The van der Waals surface area contributed by atoms with Crippen LogP contribution in [0.15, 0.2) is 30.3 Å². The zero-order chi connectivity index (χ0) is 18.5. The first-order valence-corrected chi connectivity index (χ1v) is 9.76. The molecule has 0 aliphatic carbocycles. The third-order valence-electron chi connectivity index (χ3n) is 6.38. The minimum absolute atomic E-state index is 0.296. The summed E-state index contributed by atoms with van der Waals surface area (Å²) in [5.41, 5.74) is 2.84. The SMILES string of the molecule is COc1cc2c3c(c4ccc(O)cc4c2cc1OC)CN1CCCC[C@@H]1C3. The zero-order valence-electron chi connectivity index (χ0n) is 15.9. The van der Waals surface area contributed by atoms with Crippen LogP contribution in [0.5, 0.6) is 17.2 Å². The van der Waals surface area contributed by atoms with Gasteiger partial charge in [0.15, 0.2) is 11.5 Å². The predicted molar refractivity (Wildman–Crippen MR) is 108 cm³/mol. The van der Waals surface area contributed by atoms with Crippen molar-refractivity contribution in [3.8, 4) is 17.2 Å². The van der Waals surface area contributed by atoms with Gasteiger partial charge in [-0.25, -0.2) is 0 Å². The number of hydrogen-bond acceptors (Lipinski definition) is 4. The van der Waals surface area contributed by atoms with Gasteiger partial charge in [0.2, 0.25) is 0 Å². The van der Waals surface area contributed by atoms with Crippen LogP contribution in [0.4, 0.5) is 0 Å². The molecule has 3 aromatic rings. The summed E-state index contributed by atoms with van der Waals surface area (Å²) < 4.78 is 11.2. The molecule has 1 N–H and O–H groups in total. The minimum atomic E-state index is 0.296. The molecule has 0 unspecified atom stereocenters. The van der Waals surface area contributed by atoms with Gasteiger partial charge >= 0.3 is 0 Å². The highest BCUT2D eigenvalue weighted by Gasteiger charge is 2.31. The Morgan fingerprint density at radius 3 is 2.41 bits per heavy atom. The van der Waals surface area contributed by atoms with E-state index < -0.39 is 0 Å². The first kappa shape index (κ1) is 16.7. The van der Waals surface area contributed by atoms with Crippen LogP contribution in [0.2, 0.25) is 0 Å². The molecule has 3 aromatic carbocycles.